The average Bonchev–Trinajstić information content (AvgIpc) is 3.00. The predicted octanol–water partition coefficient (Wildman–Crippen LogP) is 1.34. The molecular formula is C18H23BrN2O5. The fourth-order valence-corrected chi connectivity index (χ4v) is 3.20. The molecule has 1 aromatic rings. The highest BCUT2D eigenvalue weighted by Gasteiger charge is 2.42. The van der Waals surface area contributed by atoms with E-state index < -0.39 is 30.1 Å². The lowest BCUT2D eigenvalue weighted by Crippen LogP contribution is -2.54. The second kappa shape index (κ2) is 8.64. The minimum absolute atomic E-state index is 0.0377. The van der Waals surface area contributed by atoms with Gasteiger partial charge in [0.05, 0.1) is 13.2 Å². The molecule has 0 saturated carbocycles. The number of methoxy groups -OCH3 is 1. The van der Waals surface area contributed by atoms with Crippen molar-refractivity contribution in [2.75, 3.05) is 13.7 Å². The van der Waals surface area contributed by atoms with Crippen LogP contribution in [0.2, 0.25) is 0 Å². The number of amides is 2. The van der Waals surface area contributed by atoms with Crippen molar-refractivity contribution in [3.63, 3.8) is 0 Å². The first-order chi connectivity index (χ1) is 12.2. The van der Waals surface area contributed by atoms with Crippen LogP contribution in [0.15, 0.2) is 28.7 Å². The maximum Gasteiger partial charge on any atom is 0.328 e. The molecule has 0 bridgehead atoms. The summed E-state index contributed by atoms with van der Waals surface area (Å²) in [4.78, 5) is 38.7. The number of ether oxygens (including phenoxy) is 1. The van der Waals surface area contributed by atoms with Crippen LogP contribution in [0, 0.1) is 5.92 Å². The lowest BCUT2D eigenvalue weighted by atomic mass is 10.0. The number of halogens is 1. The van der Waals surface area contributed by atoms with Gasteiger partial charge in [-0.15, -0.1) is 0 Å². The monoisotopic (exact) mass is 426 g/mol. The number of carbonyl (C=O) groups is 3. The molecule has 2 rings (SSSR count). The molecule has 0 aromatic heterocycles. The molecule has 1 heterocycles. The van der Waals surface area contributed by atoms with Crippen molar-refractivity contribution in [3.8, 4) is 0 Å². The zero-order valence-corrected chi connectivity index (χ0v) is 16.5. The Bertz CT molecular complexity index is 677. The molecule has 2 amide bonds. The molecule has 2 unspecified atom stereocenters. The highest BCUT2D eigenvalue weighted by Crippen LogP contribution is 2.22. The number of likely N-dealkylation sites (tertiary alicyclic amines) is 1. The van der Waals surface area contributed by atoms with Crippen LogP contribution >= 0.6 is 15.9 Å². The van der Waals surface area contributed by atoms with Crippen molar-refractivity contribution < 1.29 is 24.2 Å². The van der Waals surface area contributed by atoms with Crippen LogP contribution in [0.25, 0.3) is 0 Å². The molecule has 1 fully saturated rings. The molecule has 2 N–H and O–H groups in total. The third-order valence-electron chi connectivity index (χ3n) is 4.36. The van der Waals surface area contributed by atoms with Crippen molar-refractivity contribution in [2.45, 2.75) is 38.5 Å². The van der Waals surface area contributed by atoms with Gasteiger partial charge in [-0.2, -0.15) is 0 Å². The van der Waals surface area contributed by atoms with Crippen molar-refractivity contribution >= 4 is 33.7 Å². The molecule has 1 aromatic carbocycles. The highest BCUT2D eigenvalue weighted by molar-refractivity contribution is 9.10. The maximum absolute atomic E-state index is 13.0. The van der Waals surface area contributed by atoms with E-state index in [4.69, 9.17) is 4.74 Å². The predicted molar refractivity (Wildman–Crippen MR) is 98.4 cm³/mol. The molecule has 0 spiro atoms. The SMILES string of the molecule is COC(=O)[C@@H]1CC(O)CN1C(=O)C(NC(=O)c1ccc(Br)cc1)C(C)C. The van der Waals surface area contributed by atoms with Crippen LogP contribution in [-0.4, -0.2) is 59.6 Å². The van der Waals surface area contributed by atoms with Crippen LogP contribution in [0.4, 0.5) is 0 Å². The number of hydrogen-bond acceptors (Lipinski definition) is 5. The summed E-state index contributed by atoms with van der Waals surface area (Å²) in [6, 6.07) is 5.13. The molecule has 1 aliphatic heterocycles. The molecule has 0 aliphatic carbocycles. The Morgan fingerprint density at radius 2 is 1.88 bits per heavy atom. The molecule has 1 saturated heterocycles. The number of aliphatic hydroxyl groups excluding tert-OH is 1. The number of carbonyl (C=O) groups excluding carboxylic acids is 3. The zero-order valence-electron chi connectivity index (χ0n) is 14.9. The third kappa shape index (κ3) is 4.62. The van der Waals surface area contributed by atoms with Gasteiger partial charge in [-0.1, -0.05) is 29.8 Å². The number of nitrogens with one attached hydrogen (secondary N) is 1. The van der Waals surface area contributed by atoms with Gasteiger partial charge in [0.2, 0.25) is 5.91 Å². The second-order valence-electron chi connectivity index (χ2n) is 6.62. The average molecular weight is 427 g/mol. The number of nitrogens with zero attached hydrogens (tertiary/aromatic N) is 1. The summed E-state index contributed by atoms with van der Waals surface area (Å²) in [6.07, 6.45) is -0.665. The smallest absolute Gasteiger partial charge is 0.328 e. The summed E-state index contributed by atoms with van der Waals surface area (Å²) in [5.74, 6) is -1.55. The van der Waals surface area contributed by atoms with Crippen molar-refractivity contribution in [1.29, 1.82) is 0 Å². The fourth-order valence-electron chi connectivity index (χ4n) is 2.93. The minimum atomic E-state index is -0.840. The van der Waals surface area contributed by atoms with E-state index in [1.807, 2.05) is 13.8 Å². The van der Waals surface area contributed by atoms with E-state index in [0.717, 1.165) is 4.47 Å². The van der Waals surface area contributed by atoms with Gasteiger partial charge in [-0.05, 0) is 30.2 Å². The Morgan fingerprint density at radius 3 is 2.42 bits per heavy atom. The number of rotatable bonds is 5. The van der Waals surface area contributed by atoms with Gasteiger partial charge in [0.1, 0.15) is 12.1 Å². The van der Waals surface area contributed by atoms with E-state index in [9.17, 15) is 19.5 Å². The van der Waals surface area contributed by atoms with Gasteiger partial charge in [0.15, 0.2) is 0 Å². The van der Waals surface area contributed by atoms with Gasteiger partial charge in [0, 0.05) is 23.0 Å². The largest absolute Gasteiger partial charge is 0.467 e. The normalized spacial score (nSPS) is 20.8. The summed E-state index contributed by atoms with van der Waals surface area (Å²) < 4.78 is 5.57. The van der Waals surface area contributed by atoms with Gasteiger partial charge in [-0.25, -0.2) is 4.79 Å². The van der Waals surface area contributed by atoms with Gasteiger partial charge >= 0.3 is 5.97 Å². The van der Waals surface area contributed by atoms with Gasteiger partial charge in [0.25, 0.3) is 5.91 Å². The number of hydrogen-bond donors (Lipinski definition) is 2. The van der Waals surface area contributed by atoms with Crippen LogP contribution in [0.5, 0.6) is 0 Å². The molecule has 7 nitrogen and oxygen atoms in total. The van der Waals surface area contributed by atoms with Crippen molar-refractivity contribution in [3.05, 3.63) is 34.3 Å². The van der Waals surface area contributed by atoms with Crippen LogP contribution in [0.3, 0.4) is 0 Å². The summed E-state index contributed by atoms with van der Waals surface area (Å²) in [5, 5.41) is 12.6. The molecule has 3 atom stereocenters. The number of esters is 1. The number of benzene rings is 1. The summed E-state index contributed by atoms with van der Waals surface area (Å²) >= 11 is 3.31. The second-order valence-corrected chi connectivity index (χ2v) is 7.54. The van der Waals surface area contributed by atoms with Crippen LogP contribution in [-0.2, 0) is 14.3 Å². The van der Waals surface area contributed by atoms with E-state index in [-0.39, 0.29) is 24.8 Å². The Morgan fingerprint density at radius 1 is 1.27 bits per heavy atom. The lowest BCUT2D eigenvalue weighted by Gasteiger charge is -2.29. The molecule has 142 valence electrons. The Balaban J connectivity index is 2.17. The van der Waals surface area contributed by atoms with E-state index in [2.05, 4.69) is 21.2 Å². The summed E-state index contributed by atoms with van der Waals surface area (Å²) in [5.41, 5.74) is 0.428. The van der Waals surface area contributed by atoms with Crippen molar-refractivity contribution in [1.82, 2.24) is 10.2 Å². The van der Waals surface area contributed by atoms with E-state index in [1.54, 1.807) is 24.3 Å². The molecular weight excluding hydrogens is 404 g/mol. The van der Waals surface area contributed by atoms with Gasteiger partial charge in [-0.3, -0.25) is 9.59 Å². The van der Waals surface area contributed by atoms with Crippen LogP contribution < -0.4 is 5.32 Å². The Hall–Kier alpha value is -1.93. The molecule has 26 heavy (non-hydrogen) atoms. The lowest BCUT2D eigenvalue weighted by molar-refractivity contribution is -0.151. The van der Waals surface area contributed by atoms with Crippen molar-refractivity contribution in [2.24, 2.45) is 5.92 Å². The fraction of sp³-hybridized carbons (Fsp3) is 0.500. The molecule has 8 heteroatoms. The summed E-state index contributed by atoms with van der Waals surface area (Å²) in [7, 11) is 1.24. The quantitative estimate of drug-likeness (QED) is 0.692. The first-order valence-electron chi connectivity index (χ1n) is 8.37. The van der Waals surface area contributed by atoms with E-state index >= 15 is 0 Å². The molecule has 1 aliphatic rings. The molecule has 0 radical (unpaired) electrons. The Kier molecular flexibility index (Phi) is 6.77. The Labute approximate surface area is 160 Å². The maximum atomic E-state index is 13.0. The van der Waals surface area contributed by atoms with Gasteiger partial charge < -0.3 is 20.1 Å². The zero-order chi connectivity index (χ0) is 19.4. The minimum Gasteiger partial charge on any atom is -0.467 e. The first kappa shape index (κ1) is 20.4. The highest BCUT2D eigenvalue weighted by atomic mass is 79.9. The number of β-amino-alcohol motifs (C(OH)–C–C–N with tert-alkyl or cyclic N) is 1. The van der Waals surface area contributed by atoms with E-state index in [0.29, 0.717) is 5.56 Å². The standard InChI is InChI=1S/C18H23BrN2O5/c1-10(2)15(20-16(23)11-4-6-12(19)7-5-11)17(24)21-9-13(22)8-14(21)18(25)26-3/h4-7,10,13-15,22H,8-9H2,1-3H3,(H,20,23)/t13?,14-,15?/m0/s1. The first-order valence-corrected chi connectivity index (χ1v) is 9.16. The third-order valence-corrected chi connectivity index (χ3v) is 4.89. The van der Waals surface area contributed by atoms with E-state index in [1.165, 1.54) is 12.0 Å². The topological polar surface area (TPSA) is 95.9 Å². The summed E-state index contributed by atoms with van der Waals surface area (Å²) in [6.45, 7) is 3.66. The number of aliphatic hydroxyl groups is 1. The van der Waals surface area contributed by atoms with Crippen LogP contribution in [0.1, 0.15) is 30.6 Å².